The fourth-order valence-electron chi connectivity index (χ4n) is 3.63. The van der Waals surface area contributed by atoms with Crippen molar-refractivity contribution in [2.45, 2.75) is 12.7 Å². The molecule has 0 atom stereocenters. The molecule has 0 bridgehead atoms. The molecule has 1 amide bonds. The zero-order valence-corrected chi connectivity index (χ0v) is 16.1. The number of piperazine rings is 1. The minimum absolute atomic E-state index is 0.101. The van der Waals surface area contributed by atoms with E-state index in [4.69, 9.17) is 0 Å². The summed E-state index contributed by atoms with van der Waals surface area (Å²) in [4.78, 5) is 30.9. The van der Waals surface area contributed by atoms with Crippen LogP contribution in [-0.2, 0) is 12.7 Å². The van der Waals surface area contributed by atoms with Crippen LogP contribution in [0.1, 0.15) is 21.5 Å². The third-order valence-electron chi connectivity index (χ3n) is 5.32. The molecule has 4 rings (SSSR count). The third-order valence-corrected chi connectivity index (χ3v) is 5.32. The minimum Gasteiger partial charge on any atom is -0.336 e. The quantitative estimate of drug-likeness (QED) is 0.713. The van der Waals surface area contributed by atoms with Crippen molar-refractivity contribution >= 4 is 16.8 Å². The van der Waals surface area contributed by atoms with E-state index in [2.05, 4.69) is 9.88 Å². The summed E-state index contributed by atoms with van der Waals surface area (Å²) in [6.07, 6.45) is -4.33. The second-order valence-electron chi connectivity index (χ2n) is 7.39. The van der Waals surface area contributed by atoms with Crippen molar-refractivity contribution in [3.63, 3.8) is 0 Å². The lowest BCUT2D eigenvalue weighted by Gasteiger charge is -2.34. The van der Waals surface area contributed by atoms with Crippen molar-refractivity contribution in [1.82, 2.24) is 14.8 Å². The van der Waals surface area contributed by atoms with Crippen LogP contribution in [0, 0.1) is 0 Å². The van der Waals surface area contributed by atoms with Gasteiger partial charge in [0.1, 0.15) is 0 Å². The molecule has 1 aliphatic heterocycles. The van der Waals surface area contributed by atoms with E-state index < -0.39 is 11.7 Å². The van der Waals surface area contributed by atoms with Gasteiger partial charge >= 0.3 is 6.18 Å². The van der Waals surface area contributed by atoms with Gasteiger partial charge in [-0.25, -0.2) is 0 Å². The van der Waals surface area contributed by atoms with Gasteiger partial charge in [-0.05, 0) is 41.3 Å². The van der Waals surface area contributed by atoms with Gasteiger partial charge in [-0.15, -0.1) is 0 Å². The normalized spacial score (nSPS) is 15.5. The molecule has 1 fully saturated rings. The monoisotopic (exact) mass is 415 g/mol. The van der Waals surface area contributed by atoms with Crippen LogP contribution in [0.25, 0.3) is 10.9 Å². The molecular formula is C22H20F3N3O2. The molecule has 5 nitrogen and oxygen atoms in total. The number of carbonyl (C=O) groups is 1. The summed E-state index contributed by atoms with van der Waals surface area (Å²) in [5, 5.41) is 0.854. The Bertz CT molecular complexity index is 1110. The summed E-state index contributed by atoms with van der Waals surface area (Å²) < 4.78 is 38.0. The summed E-state index contributed by atoms with van der Waals surface area (Å²) in [7, 11) is 0. The molecular weight excluding hydrogens is 395 g/mol. The fraction of sp³-hybridized carbons (Fsp3) is 0.273. The molecule has 2 heterocycles. The number of carbonyl (C=O) groups excluding carboxylic acids is 1. The van der Waals surface area contributed by atoms with E-state index in [-0.39, 0.29) is 11.5 Å². The maximum absolute atomic E-state index is 12.8. The SMILES string of the molecule is O=C(c1ccc2ccc(=O)[nH]c2c1)N1CCN(Cc2ccc(C(F)(F)F)cc2)CC1. The van der Waals surface area contributed by atoms with E-state index in [1.807, 2.05) is 0 Å². The number of hydrogen-bond acceptors (Lipinski definition) is 3. The van der Waals surface area contributed by atoms with Crippen molar-refractivity contribution < 1.29 is 18.0 Å². The van der Waals surface area contributed by atoms with Gasteiger partial charge in [0.25, 0.3) is 5.91 Å². The first-order valence-corrected chi connectivity index (χ1v) is 9.60. The number of pyridine rings is 1. The van der Waals surface area contributed by atoms with Gasteiger partial charge in [0.15, 0.2) is 0 Å². The zero-order chi connectivity index (χ0) is 21.3. The second kappa shape index (κ2) is 7.95. The Balaban J connectivity index is 1.37. The number of benzene rings is 2. The largest absolute Gasteiger partial charge is 0.416 e. The van der Waals surface area contributed by atoms with E-state index in [9.17, 15) is 22.8 Å². The van der Waals surface area contributed by atoms with Crippen LogP contribution in [-0.4, -0.2) is 46.9 Å². The van der Waals surface area contributed by atoms with Crippen molar-refractivity contribution in [2.75, 3.05) is 26.2 Å². The Morgan fingerprint density at radius 2 is 1.60 bits per heavy atom. The number of nitrogens with one attached hydrogen (secondary N) is 1. The van der Waals surface area contributed by atoms with Crippen LogP contribution >= 0.6 is 0 Å². The lowest BCUT2D eigenvalue weighted by molar-refractivity contribution is -0.137. The highest BCUT2D eigenvalue weighted by Crippen LogP contribution is 2.29. The molecule has 2 aromatic carbocycles. The fourth-order valence-corrected chi connectivity index (χ4v) is 3.63. The maximum atomic E-state index is 12.8. The summed E-state index contributed by atoms with van der Waals surface area (Å²) in [6.45, 7) is 2.87. The predicted octanol–water partition coefficient (Wildman–Crippen LogP) is 3.50. The number of alkyl halides is 3. The highest BCUT2D eigenvalue weighted by molar-refractivity contribution is 5.97. The van der Waals surface area contributed by atoms with Crippen LogP contribution in [0.2, 0.25) is 0 Å². The minimum atomic E-state index is -4.33. The topological polar surface area (TPSA) is 56.4 Å². The predicted molar refractivity (Wildman–Crippen MR) is 107 cm³/mol. The smallest absolute Gasteiger partial charge is 0.336 e. The molecule has 0 unspecified atom stereocenters. The first kappa shape index (κ1) is 20.2. The molecule has 0 aliphatic carbocycles. The van der Waals surface area contributed by atoms with E-state index in [1.165, 1.54) is 18.2 Å². The molecule has 8 heteroatoms. The third kappa shape index (κ3) is 4.38. The number of amides is 1. The van der Waals surface area contributed by atoms with E-state index in [0.29, 0.717) is 43.8 Å². The lowest BCUT2D eigenvalue weighted by atomic mass is 10.1. The molecule has 1 saturated heterocycles. The highest BCUT2D eigenvalue weighted by Gasteiger charge is 2.30. The zero-order valence-electron chi connectivity index (χ0n) is 16.1. The molecule has 0 spiro atoms. The number of nitrogens with zero attached hydrogens (tertiary/aromatic N) is 2. The van der Waals surface area contributed by atoms with Gasteiger partial charge in [0, 0.05) is 49.9 Å². The average Bonchev–Trinajstić information content (AvgIpc) is 2.73. The Hall–Kier alpha value is -3.13. The number of fused-ring (bicyclic) bond motifs is 1. The average molecular weight is 415 g/mol. The molecule has 3 aromatic rings. The Kier molecular flexibility index (Phi) is 5.34. The van der Waals surface area contributed by atoms with Gasteiger partial charge in [-0.1, -0.05) is 18.2 Å². The molecule has 30 heavy (non-hydrogen) atoms. The Morgan fingerprint density at radius 1 is 0.933 bits per heavy atom. The molecule has 1 aromatic heterocycles. The number of hydrogen-bond donors (Lipinski definition) is 1. The standard InChI is InChI=1S/C22H20F3N3O2/c23-22(24,25)18-6-1-15(2-7-18)14-27-9-11-28(12-10-27)21(30)17-4-3-16-5-8-20(29)26-19(16)13-17/h1-8,13H,9-12,14H2,(H,26,29). The number of halogens is 3. The highest BCUT2D eigenvalue weighted by atomic mass is 19.4. The molecule has 1 aliphatic rings. The van der Waals surface area contributed by atoms with Crippen LogP contribution in [0.4, 0.5) is 13.2 Å². The summed E-state index contributed by atoms with van der Waals surface area (Å²) in [5.41, 5.74) is 1.07. The van der Waals surface area contributed by atoms with Crippen LogP contribution in [0.15, 0.2) is 59.4 Å². The second-order valence-corrected chi connectivity index (χ2v) is 7.39. The lowest BCUT2D eigenvalue weighted by Crippen LogP contribution is -2.48. The summed E-state index contributed by atoms with van der Waals surface area (Å²) in [6, 6.07) is 13.6. The van der Waals surface area contributed by atoms with Crippen molar-refractivity contribution in [3.05, 3.63) is 81.6 Å². The first-order chi connectivity index (χ1) is 14.3. The van der Waals surface area contributed by atoms with Crippen molar-refractivity contribution in [3.8, 4) is 0 Å². The summed E-state index contributed by atoms with van der Waals surface area (Å²) >= 11 is 0. The number of H-pyrrole nitrogens is 1. The van der Waals surface area contributed by atoms with Gasteiger partial charge in [0.05, 0.1) is 5.56 Å². The maximum Gasteiger partial charge on any atom is 0.416 e. The van der Waals surface area contributed by atoms with E-state index >= 15 is 0 Å². The van der Waals surface area contributed by atoms with E-state index in [1.54, 1.807) is 29.2 Å². The molecule has 0 radical (unpaired) electrons. The van der Waals surface area contributed by atoms with Gasteiger partial charge < -0.3 is 9.88 Å². The van der Waals surface area contributed by atoms with Crippen LogP contribution in [0.3, 0.4) is 0 Å². The Morgan fingerprint density at radius 3 is 2.27 bits per heavy atom. The molecule has 0 saturated carbocycles. The van der Waals surface area contributed by atoms with Crippen LogP contribution in [0.5, 0.6) is 0 Å². The Labute approximate surface area is 170 Å². The van der Waals surface area contributed by atoms with Crippen LogP contribution < -0.4 is 5.56 Å². The number of aromatic nitrogens is 1. The molecule has 156 valence electrons. The van der Waals surface area contributed by atoms with Gasteiger partial charge in [-0.3, -0.25) is 14.5 Å². The van der Waals surface area contributed by atoms with Gasteiger partial charge in [-0.2, -0.15) is 13.2 Å². The van der Waals surface area contributed by atoms with Gasteiger partial charge in [0.2, 0.25) is 5.56 Å². The van der Waals surface area contributed by atoms with Crippen molar-refractivity contribution in [1.29, 1.82) is 0 Å². The van der Waals surface area contributed by atoms with Crippen molar-refractivity contribution in [2.24, 2.45) is 0 Å². The molecule has 1 N–H and O–H groups in total. The first-order valence-electron chi connectivity index (χ1n) is 9.60. The summed E-state index contributed by atoms with van der Waals surface area (Å²) in [5.74, 6) is -0.101. The number of rotatable bonds is 3. The van der Waals surface area contributed by atoms with E-state index in [0.717, 1.165) is 23.1 Å². The number of aromatic amines is 1.